The molecule has 0 bridgehead atoms. The number of rotatable bonds is 6. The molecule has 2 unspecified atom stereocenters. The molecule has 3 aliphatic carbocycles. The molecule has 0 heterocycles. The number of allylic oxidation sites excluding steroid dienone is 4. The number of benzene rings is 6. The molecule has 1 heteroatoms. The van der Waals surface area contributed by atoms with Crippen molar-refractivity contribution in [2.75, 3.05) is 4.90 Å². The molecule has 3 aliphatic rings. The van der Waals surface area contributed by atoms with Crippen molar-refractivity contribution in [2.45, 2.75) is 11.8 Å². The molecule has 9 rings (SSSR count). The first-order valence-electron chi connectivity index (χ1n) is 16.0. The van der Waals surface area contributed by atoms with E-state index in [1.165, 1.54) is 50.9 Å². The Labute approximate surface area is 265 Å². The zero-order valence-corrected chi connectivity index (χ0v) is 25.1. The number of para-hydroxylation sites is 1. The van der Waals surface area contributed by atoms with Gasteiger partial charge >= 0.3 is 0 Å². The maximum absolute atomic E-state index is 2.42. The summed E-state index contributed by atoms with van der Waals surface area (Å²) in [6.45, 7) is 0. The first-order valence-corrected chi connectivity index (χ1v) is 16.0. The van der Waals surface area contributed by atoms with Gasteiger partial charge in [0.15, 0.2) is 0 Å². The normalized spacial score (nSPS) is 18.4. The molecule has 1 nitrogen and oxygen atoms in total. The van der Waals surface area contributed by atoms with Crippen LogP contribution in [0.3, 0.4) is 0 Å². The number of hydrogen-bond donors (Lipinski definition) is 0. The first kappa shape index (κ1) is 26.0. The lowest BCUT2D eigenvalue weighted by Gasteiger charge is -2.37. The third kappa shape index (κ3) is 4.08. The molecule has 45 heavy (non-hydrogen) atoms. The van der Waals surface area contributed by atoms with Crippen molar-refractivity contribution in [1.82, 2.24) is 0 Å². The predicted octanol–water partition coefficient (Wildman–Crippen LogP) is 11.3. The zero-order chi connectivity index (χ0) is 29.8. The highest BCUT2D eigenvalue weighted by atomic mass is 15.1. The van der Waals surface area contributed by atoms with Crippen molar-refractivity contribution in [3.05, 3.63) is 198 Å². The zero-order valence-electron chi connectivity index (χ0n) is 25.1. The van der Waals surface area contributed by atoms with Gasteiger partial charge in [-0.25, -0.2) is 0 Å². The van der Waals surface area contributed by atoms with Crippen molar-refractivity contribution in [3.8, 4) is 22.3 Å². The Balaban J connectivity index is 1.19. The summed E-state index contributed by atoms with van der Waals surface area (Å²) < 4.78 is 0. The molecule has 0 aliphatic heterocycles. The topological polar surface area (TPSA) is 3.24 Å². The molecular weight excluding hydrogens is 542 g/mol. The van der Waals surface area contributed by atoms with Gasteiger partial charge in [0.1, 0.15) is 0 Å². The van der Waals surface area contributed by atoms with E-state index in [2.05, 4.69) is 181 Å². The van der Waals surface area contributed by atoms with E-state index in [-0.39, 0.29) is 5.41 Å². The third-order valence-electron chi connectivity index (χ3n) is 10.1. The molecule has 2 atom stereocenters. The van der Waals surface area contributed by atoms with Crippen LogP contribution in [-0.2, 0) is 5.41 Å². The van der Waals surface area contributed by atoms with Gasteiger partial charge in [0.2, 0.25) is 0 Å². The van der Waals surface area contributed by atoms with Crippen LogP contribution in [0.25, 0.3) is 22.3 Å². The predicted molar refractivity (Wildman–Crippen MR) is 187 cm³/mol. The summed E-state index contributed by atoms with van der Waals surface area (Å²) in [6.07, 6.45) is 8.37. The van der Waals surface area contributed by atoms with Crippen LogP contribution < -0.4 is 4.90 Å². The molecule has 0 spiro atoms. The maximum Gasteiger partial charge on any atom is 0.0679 e. The fraction of sp³-hybridized carbons (Fsp3) is 0.0909. The van der Waals surface area contributed by atoms with Crippen LogP contribution in [0.15, 0.2) is 182 Å². The van der Waals surface area contributed by atoms with Crippen LogP contribution in [0.2, 0.25) is 0 Å². The van der Waals surface area contributed by atoms with Crippen molar-refractivity contribution in [1.29, 1.82) is 0 Å². The highest BCUT2D eigenvalue weighted by molar-refractivity contribution is 5.87. The summed E-state index contributed by atoms with van der Waals surface area (Å²) >= 11 is 0. The molecule has 0 amide bonds. The van der Waals surface area contributed by atoms with Crippen LogP contribution in [0.5, 0.6) is 0 Å². The fourth-order valence-corrected chi connectivity index (χ4v) is 7.96. The summed E-state index contributed by atoms with van der Waals surface area (Å²) in [7, 11) is 0. The van der Waals surface area contributed by atoms with Gasteiger partial charge in [0.25, 0.3) is 0 Å². The molecular formula is C44H33N. The average Bonchev–Trinajstić information content (AvgIpc) is 3.86. The van der Waals surface area contributed by atoms with Gasteiger partial charge in [-0.1, -0.05) is 140 Å². The van der Waals surface area contributed by atoms with E-state index in [0.29, 0.717) is 11.8 Å². The van der Waals surface area contributed by atoms with Gasteiger partial charge in [-0.3, -0.25) is 0 Å². The minimum atomic E-state index is -0.301. The molecule has 6 aromatic carbocycles. The number of hydrogen-bond acceptors (Lipinski definition) is 1. The van der Waals surface area contributed by atoms with Crippen molar-refractivity contribution < 1.29 is 0 Å². The van der Waals surface area contributed by atoms with E-state index < -0.39 is 0 Å². The largest absolute Gasteiger partial charge is 0.311 e. The summed E-state index contributed by atoms with van der Waals surface area (Å²) in [5.41, 5.74) is 14.0. The monoisotopic (exact) mass is 575 g/mol. The molecule has 0 saturated heterocycles. The van der Waals surface area contributed by atoms with Gasteiger partial charge < -0.3 is 4.90 Å². The quantitative estimate of drug-likeness (QED) is 0.191. The Bertz CT molecular complexity index is 2020. The Morgan fingerprint density at radius 3 is 1.64 bits per heavy atom. The van der Waals surface area contributed by atoms with E-state index >= 15 is 0 Å². The van der Waals surface area contributed by atoms with Crippen LogP contribution in [-0.4, -0.2) is 0 Å². The van der Waals surface area contributed by atoms with Crippen molar-refractivity contribution in [2.24, 2.45) is 11.8 Å². The summed E-state index contributed by atoms with van der Waals surface area (Å²) in [6, 6.07) is 57.8. The Kier molecular flexibility index (Phi) is 5.99. The summed E-state index contributed by atoms with van der Waals surface area (Å²) in [5, 5.41) is 0. The second kappa shape index (κ2) is 10.4. The third-order valence-corrected chi connectivity index (χ3v) is 10.1. The van der Waals surface area contributed by atoms with E-state index in [0.717, 1.165) is 17.1 Å². The van der Waals surface area contributed by atoms with E-state index in [1.807, 2.05) is 0 Å². The molecule has 214 valence electrons. The van der Waals surface area contributed by atoms with Crippen LogP contribution in [0, 0.1) is 11.8 Å². The summed E-state index contributed by atoms with van der Waals surface area (Å²) in [5.74, 6) is 1.26. The number of fused-ring (bicyclic) bond motifs is 4. The van der Waals surface area contributed by atoms with Crippen molar-refractivity contribution >= 4 is 17.1 Å². The van der Waals surface area contributed by atoms with Crippen LogP contribution >= 0.6 is 0 Å². The molecule has 1 fully saturated rings. The molecule has 0 aromatic heterocycles. The average molecular weight is 576 g/mol. The van der Waals surface area contributed by atoms with E-state index in [1.54, 1.807) is 0 Å². The lowest BCUT2D eigenvalue weighted by Crippen LogP contribution is -2.31. The highest BCUT2D eigenvalue weighted by Crippen LogP contribution is 2.63. The first-order chi connectivity index (χ1) is 22.3. The molecule has 0 N–H and O–H groups in total. The number of nitrogens with zero attached hydrogens (tertiary/aromatic N) is 1. The van der Waals surface area contributed by atoms with Crippen LogP contribution in [0.4, 0.5) is 17.1 Å². The Hall–Kier alpha value is -5.40. The standard InChI is InChI=1S/C44H33N/c1-3-12-31(13-4-1)32-22-26-36(27-23-32)45(35-15-5-2-6-16-35)37-28-24-34(25-29-37)44(43-21-11-14-33-30-40(33)43)41-19-9-7-17-38(41)39-18-8-10-20-42(39)44/h1-29,33,40H,30H2. The lowest BCUT2D eigenvalue weighted by atomic mass is 9.65. The number of anilines is 3. The van der Waals surface area contributed by atoms with Gasteiger partial charge in [-0.2, -0.15) is 0 Å². The summed E-state index contributed by atoms with van der Waals surface area (Å²) in [4.78, 5) is 2.36. The smallest absolute Gasteiger partial charge is 0.0679 e. The SMILES string of the molecule is C1=CC2CC2C(C2(c3ccc(N(c4ccccc4)c4ccc(-c5ccccc5)cc4)cc3)c3ccccc3-c3ccccc32)=C1. The minimum absolute atomic E-state index is 0.301. The highest BCUT2D eigenvalue weighted by Gasteiger charge is 2.54. The van der Waals surface area contributed by atoms with Gasteiger partial charge in [-0.05, 0) is 99.2 Å². The van der Waals surface area contributed by atoms with Crippen molar-refractivity contribution in [3.63, 3.8) is 0 Å². The lowest BCUT2D eigenvalue weighted by molar-refractivity contribution is 0.670. The van der Waals surface area contributed by atoms with Gasteiger partial charge in [0.05, 0.1) is 5.41 Å². The Morgan fingerprint density at radius 2 is 1.00 bits per heavy atom. The molecule has 1 saturated carbocycles. The fourth-order valence-electron chi connectivity index (χ4n) is 7.96. The minimum Gasteiger partial charge on any atom is -0.311 e. The van der Waals surface area contributed by atoms with E-state index in [9.17, 15) is 0 Å². The molecule has 6 aromatic rings. The Morgan fingerprint density at radius 1 is 0.489 bits per heavy atom. The maximum atomic E-state index is 2.42. The van der Waals surface area contributed by atoms with Gasteiger partial charge in [0, 0.05) is 17.1 Å². The van der Waals surface area contributed by atoms with E-state index in [4.69, 9.17) is 0 Å². The van der Waals surface area contributed by atoms with Crippen LogP contribution in [0.1, 0.15) is 23.1 Å². The van der Waals surface area contributed by atoms with Gasteiger partial charge in [-0.15, -0.1) is 0 Å². The second-order valence-electron chi connectivity index (χ2n) is 12.5. The second-order valence-corrected chi connectivity index (χ2v) is 12.5. The molecule has 0 radical (unpaired) electrons.